The van der Waals surface area contributed by atoms with E-state index in [9.17, 15) is 29.4 Å². The molecule has 6 N–H and O–H groups in total. The Kier molecular flexibility index (Phi) is 9.02. The molecule has 2 aromatic rings. The average molecular weight is 497 g/mol. The number of hydrogen-bond acceptors (Lipinski definition) is 6. The van der Waals surface area contributed by atoms with E-state index in [-0.39, 0.29) is 18.6 Å². The number of nitrogens with two attached hydrogens (primary N) is 1. The molecule has 2 aromatic carbocycles. The Labute approximate surface area is 209 Å². The molecule has 10 nitrogen and oxygen atoms in total. The lowest BCUT2D eigenvalue weighted by Gasteiger charge is -2.28. The number of hydrogen-bond donors (Lipinski definition) is 5. The van der Waals surface area contributed by atoms with Gasteiger partial charge >= 0.3 is 5.97 Å². The van der Waals surface area contributed by atoms with Gasteiger partial charge in [0.2, 0.25) is 17.7 Å². The van der Waals surface area contributed by atoms with Gasteiger partial charge in [-0.2, -0.15) is 0 Å². The van der Waals surface area contributed by atoms with E-state index in [0.717, 1.165) is 11.1 Å². The fraction of sp³-hybridized carbons (Fsp3) is 0.385. The number of likely N-dealkylation sites (tertiary alicyclic amines) is 1. The van der Waals surface area contributed by atoms with Gasteiger partial charge in [-0.3, -0.25) is 14.4 Å². The predicted molar refractivity (Wildman–Crippen MR) is 132 cm³/mol. The summed E-state index contributed by atoms with van der Waals surface area (Å²) in [5, 5.41) is 24.1. The zero-order valence-corrected chi connectivity index (χ0v) is 20.1. The first-order chi connectivity index (χ1) is 17.2. The van der Waals surface area contributed by atoms with Crippen LogP contribution in [0.15, 0.2) is 54.6 Å². The van der Waals surface area contributed by atoms with Crippen molar-refractivity contribution in [2.45, 2.75) is 56.8 Å². The number of nitrogens with zero attached hydrogens (tertiary/aromatic N) is 1. The molecule has 0 bridgehead atoms. The fourth-order valence-corrected chi connectivity index (χ4v) is 4.20. The highest BCUT2D eigenvalue weighted by atomic mass is 16.4. The summed E-state index contributed by atoms with van der Waals surface area (Å²) in [4.78, 5) is 51.7. The SMILES string of the molecule is C[C@@H](NC(=O)[C@@H](N)Cc1ccc(O)cc1)C(=O)N[C@@H](Cc1ccccc1)C(=O)N1CCC[C@@H]1C(=O)O. The minimum absolute atomic E-state index is 0.102. The maximum Gasteiger partial charge on any atom is 0.326 e. The summed E-state index contributed by atoms with van der Waals surface area (Å²) < 4.78 is 0. The summed E-state index contributed by atoms with van der Waals surface area (Å²) in [7, 11) is 0. The summed E-state index contributed by atoms with van der Waals surface area (Å²) in [5.74, 6) is -2.57. The van der Waals surface area contributed by atoms with Crippen LogP contribution in [0.1, 0.15) is 30.9 Å². The zero-order chi connectivity index (χ0) is 26.2. The minimum Gasteiger partial charge on any atom is -0.508 e. The average Bonchev–Trinajstić information content (AvgIpc) is 3.35. The van der Waals surface area contributed by atoms with E-state index in [1.807, 2.05) is 30.3 Å². The van der Waals surface area contributed by atoms with Crippen LogP contribution in [0.2, 0.25) is 0 Å². The smallest absolute Gasteiger partial charge is 0.326 e. The highest BCUT2D eigenvalue weighted by Gasteiger charge is 2.38. The summed E-state index contributed by atoms with van der Waals surface area (Å²) >= 11 is 0. The van der Waals surface area contributed by atoms with Gasteiger partial charge in [0.1, 0.15) is 23.9 Å². The van der Waals surface area contributed by atoms with Gasteiger partial charge in [-0.15, -0.1) is 0 Å². The molecule has 0 saturated carbocycles. The largest absolute Gasteiger partial charge is 0.508 e. The number of carbonyl (C=O) groups is 4. The monoisotopic (exact) mass is 496 g/mol. The molecule has 0 aromatic heterocycles. The van der Waals surface area contributed by atoms with Gasteiger partial charge in [0.05, 0.1) is 6.04 Å². The molecule has 192 valence electrons. The minimum atomic E-state index is -1.08. The zero-order valence-electron chi connectivity index (χ0n) is 20.1. The Morgan fingerprint density at radius 2 is 1.61 bits per heavy atom. The lowest BCUT2D eigenvalue weighted by Crippen LogP contribution is -2.57. The number of amides is 3. The van der Waals surface area contributed by atoms with Gasteiger partial charge in [-0.25, -0.2) is 4.79 Å². The number of carbonyl (C=O) groups excluding carboxylic acids is 3. The van der Waals surface area contributed by atoms with Crippen LogP contribution >= 0.6 is 0 Å². The molecule has 0 spiro atoms. The van der Waals surface area contributed by atoms with Crippen molar-refractivity contribution in [1.29, 1.82) is 0 Å². The van der Waals surface area contributed by atoms with Crippen molar-refractivity contribution in [3.63, 3.8) is 0 Å². The van der Waals surface area contributed by atoms with Crippen LogP contribution in [-0.4, -0.2) is 69.5 Å². The van der Waals surface area contributed by atoms with Crippen molar-refractivity contribution in [3.05, 3.63) is 65.7 Å². The quantitative estimate of drug-likeness (QED) is 0.321. The maximum absolute atomic E-state index is 13.3. The second-order valence-electron chi connectivity index (χ2n) is 8.99. The van der Waals surface area contributed by atoms with E-state index in [4.69, 9.17) is 5.73 Å². The topological polar surface area (TPSA) is 162 Å². The van der Waals surface area contributed by atoms with Crippen LogP contribution in [-0.2, 0) is 32.0 Å². The second-order valence-corrected chi connectivity index (χ2v) is 8.99. The number of aromatic hydroxyl groups is 1. The van der Waals surface area contributed by atoms with E-state index < -0.39 is 47.9 Å². The highest BCUT2D eigenvalue weighted by Crippen LogP contribution is 2.20. The van der Waals surface area contributed by atoms with Gasteiger partial charge in [-0.1, -0.05) is 42.5 Å². The number of carboxylic acid groups (broad SMARTS) is 1. The summed E-state index contributed by atoms with van der Waals surface area (Å²) in [6, 6.07) is 11.6. The third-order valence-corrected chi connectivity index (χ3v) is 6.20. The number of phenols is 1. The molecule has 1 aliphatic rings. The molecule has 1 heterocycles. The first-order valence-corrected chi connectivity index (χ1v) is 11.9. The molecule has 0 radical (unpaired) electrons. The highest BCUT2D eigenvalue weighted by molar-refractivity contribution is 5.94. The maximum atomic E-state index is 13.3. The van der Waals surface area contributed by atoms with Crippen molar-refractivity contribution in [1.82, 2.24) is 15.5 Å². The molecule has 0 aliphatic carbocycles. The molecule has 36 heavy (non-hydrogen) atoms. The Balaban J connectivity index is 1.65. The first-order valence-electron chi connectivity index (χ1n) is 11.9. The van der Waals surface area contributed by atoms with Crippen LogP contribution in [0.5, 0.6) is 5.75 Å². The summed E-state index contributed by atoms with van der Waals surface area (Å²) in [6.45, 7) is 1.79. The second kappa shape index (κ2) is 12.2. The summed E-state index contributed by atoms with van der Waals surface area (Å²) in [5.41, 5.74) is 7.54. The van der Waals surface area contributed by atoms with Gasteiger partial charge in [0.15, 0.2) is 0 Å². The molecule has 0 unspecified atom stereocenters. The predicted octanol–water partition coefficient (Wildman–Crippen LogP) is 0.570. The summed E-state index contributed by atoms with van der Waals surface area (Å²) in [6.07, 6.45) is 1.31. The lowest BCUT2D eigenvalue weighted by molar-refractivity contribution is -0.149. The fourth-order valence-electron chi connectivity index (χ4n) is 4.20. The molecule has 10 heteroatoms. The van der Waals surface area contributed by atoms with E-state index >= 15 is 0 Å². The van der Waals surface area contributed by atoms with Crippen LogP contribution in [0.3, 0.4) is 0 Å². The molecule has 1 aliphatic heterocycles. The van der Waals surface area contributed by atoms with E-state index in [0.29, 0.717) is 19.4 Å². The van der Waals surface area contributed by atoms with Crippen LogP contribution in [0.4, 0.5) is 0 Å². The van der Waals surface area contributed by atoms with E-state index in [2.05, 4.69) is 10.6 Å². The molecular weight excluding hydrogens is 464 g/mol. The van der Waals surface area contributed by atoms with Gasteiger partial charge in [0, 0.05) is 13.0 Å². The Morgan fingerprint density at radius 1 is 0.972 bits per heavy atom. The number of nitrogens with one attached hydrogen (secondary N) is 2. The van der Waals surface area contributed by atoms with Crippen LogP contribution in [0, 0.1) is 0 Å². The third-order valence-electron chi connectivity index (χ3n) is 6.20. The van der Waals surface area contributed by atoms with Crippen molar-refractivity contribution in [2.75, 3.05) is 6.54 Å². The number of carboxylic acids is 1. The molecular formula is C26H32N4O6. The Hall–Kier alpha value is -3.92. The van der Waals surface area contributed by atoms with Crippen LogP contribution < -0.4 is 16.4 Å². The van der Waals surface area contributed by atoms with Crippen molar-refractivity contribution in [3.8, 4) is 5.75 Å². The van der Waals surface area contributed by atoms with E-state index in [1.54, 1.807) is 12.1 Å². The lowest BCUT2D eigenvalue weighted by atomic mass is 10.0. The van der Waals surface area contributed by atoms with Crippen LogP contribution in [0.25, 0.3) is 0 Å². The molecule has 1 fully saturated rings. The normalized spacial score (nSPS) is 17.6. The number of aliphatic carboxylic acids is 1. The Bertz CT molecular complexity index is 1080. The van der Waals surface area contributed by atoms with Gasteiger partial charge < -0.3 is 31.5 Å². The molecule has 4 atom stereocenters. The number of phenolic OH excluding ortho intramolecular Hbond substituents is 1. The van der Waals surface area contributed by atoms with E-state index in [1.165, 1.54) is 24.0 Å². The third kappa shape index (κ3) is 7.05. The molecule has 3 rings (SSSR count). The van der Waals surface area contributed by atoms with Gasteiger partial charge in [0.25, 0.3) is 0 Å². The number of benzene rings is 2. The standard InChI is InChI=1S/C26H32N4O6/c1-16(28-24(33)20(27)14-18-9-11-19(31)12-10-18)23(32)29-21(15-17-6-3-2-4-7-17)25(34)30-13-5-8-22(30)26(35)36/h2-4,6-7,9-12,16,20-22,31H,5,8,13-15,27H2,1H3,(H,28,33)(H,29,32)(H,35,36)/t16-,20+,21+,22-/m1/s1. The van der Waals surface area contributed by atoms with Crippen molar-refractivity contribution in [2.24, 2.45) is 5.73 Å². The molecule has 3 amide bonds. The first kappa shape index (κ1) is 26.7. The molecule has 1 saturated heterocycles. The van der Waals surface area contributed by atoms with Crippen molar-refractivity contribution < 1.29 is 29.4 Å². The number of rotatable bonds is 10. The van der Waals surface area contributed by atoms with Gasteiger partial charge in [-0.05, 0) is 49.4 Å². The Morgan fingerprint density at radius 3 is 2.25 bits per heavy atom. The van der Waals surface area contributed by atoms with Crippen molar-refractivity contribution >= 4 is 23.7 Å².